The third-order valence-electron chi connectivity index (χ3n) is 4.99. The second kappa shape index (κ2) is 8.43. The van der Waals surface area contributed by atoms with E-state index in [4.69, 9.17) is 0 Å². The van der Waals surface area contributed by atoms with Gasteiger partial charge in [-0.05, 0) is 49.7 Å². The first-order valence-corrected chi connectivity index (χ1v) is 11.1. The van der Waals surface area contributed by atoms with Gasteiger partial charge in [0, 0.05) is 0 Å². The molecule has 0 aromatic heterocycles. The molecular formula is C24H26OP+. The number of benzene rings is 3. The van der Waals surface area contributed by atoms with Crippen molar-refractivity contribution in [3.8, 4) is 0 Å². The molecule has 0 aliphatic rings. The fraction of sp³-hybridized carbons (Fsp3) is 0.208. The largest absolute Gasteiger partial charge is 0.296 e. The Morgan fingerprint density at radius 3 is 1.35 bits per heavy atom. The molecular weight excluding hydrogens is 335 g/mol. The van der Waals surface area contributed by atoms with E-state index in [-0.39, 0.29) is 11.4 Å². The molecule has 3 rings (SSSR count). The van der Waals surface area contributed by atoms with Crippen molar-refractivity contribution in [3.05, 3.63) is 91.0 Å². The summed E-state index contributed by atoms with van der Waals surface area (Å²) in [6.07, 6.45) is 1.90. The predicted molar refractivity (Wildman–Crippen MR) is 115 cm³/mol. The molecule has 3 aromatic carbocycles. The van der Waals surface area contributed by atoms with Gasteiger partial charge in [0.25, 0.3) is 0 Å². The van der Waals surface area contributed by atoms with Crippen LogP contribution in [0.3, 0.4) is 0 Å². The quantitative estimate of drug-likeness (QED) is 0.556. The minimum absolute atomic E-state index is 0.000278. The van der Waals surface area contributed by atoms with Crippen LogP contribution in [0.4, 0.5) is 0 Å². The van der Waals surface area contributed by atoms with Gasteiger partial charge in [-0.25, -0.2) is 0 Å². The van der Waals surface area contributed by atoms with Crippen molar-refractivity contribution < 1.29 is 4.79 Å². The Hall–Kier alpha value is -2.24. The Labute approximate surface area is 157 Å². The van der Waals surface area contributed by atoms with E-state index in [1.807, 2.05) is 0 Å². The van der Waals surface area contributed by atoms with Gasteiger partial charge in [-0.2, -0.15) is 0 Å². The number of carbonyl (C=O) groups is 1. The molecule has 0 N–H and O–H groups in total. The van der Waals surface area contributed by atoms with Gasteiger partial charge in [-0.3, -0.25) is 4.79 Å². The lowest BCUT2D eigenvalue weighted by molar-refractivity contribution is -0.116. The van der Waals surface area contributed by atoms with Crippen LogP contribution < -0.4 is 15.9 Å². The van der Waals surface area contributed by atoms with Crippen molar-refractivity contribution in [1.29, 1.82) is 0 Å². The molecule has 0 amide bonds. The number of ketones is 1. The number of Topliss-reactive ketones (excluding diaryl/α,β-unsaturated/α-hetero) is 1. The van der Waals surface area contributed by atoms with E-state index in [0.29, 0.717) is 0 Å². The molecule has 0 spiro atoms. The van der Waals surface area contributed by atoms with Gasteiger partial charge in [-0.1, -0.05) is 67.9 Å². The summed E-state index contributed by atoms with van der Waals surface area (Å²) in [4.78, 5) is 12.9. The molecule has 1 nitrogen and oxygen atoms in total. The molecule has 1 unspecified atom stereocenters. The van der Waals surface area contributed by atoms with Gasteiger partial charge in [-0.15, -0.1) is 0 Å². The van der Waals surface area contributed by atoms with Crippen LogP contribution in [0.5, 0.6) is 0 Å². The highest BCUT2D eigenvalue weighted by Gasteiger charge is 2.53. The Kier molecular flexibility index (Phi) is 6.01. The average molecular weight is 361 g/mol. The van der Waals surface area contributed by atoms with Crippen LogP contribution in [0, 0.1) is 0 Å². The van der Waals surface area contributed by atoms with Crippen LogP contribution in [0.25, 0.3) is 0 Å². The zero-order valence-corrected chi connectivity index (χ0v) is 16.4. The summed E-state index contributed by atoms with van der Waals surface area (Å²) >= 11 is 0. The van der Waals surface area contributed by atoms with E-state index >= 15 is 0 Å². The maximum Gasteiger partial charge on any atom is 0.171 e. The predicted octanol–water partition coefficient (Wildman–Crippen LogP) is 4.74. The van der Waals surface area contributed by atoms with E-state index in [1.165, 1.54) is 15.9 Å². The minimum Gasteiger partial charge on any atom is -0.296 e. The Morgan fingerprint density at radius 1 is 0.731 bits per heavy atom. The molecule has 0 saturated heterocycles. The van der Waals surface area contributed by atoms with Crippen molar-refractivity contribution in [3.63, 3.8) is 0 Å². The molecule has 0 heterocycles. The first-order chi connectivity index (χ1) is 12.7. The second-order valence-electron chi connectivity index (χ2n) is 6.64. The monoisotopic (exact) mass is 361 g/mol. The molecule has 0 saturated carbocycles. The maximum atomic E-state index is 12.9. The highest BCUT2D eigenvalue weighted by molar-refractivity contribution is 7.96. The summed E-state index contributed by atoms with van der Waals surface area (Å²) in [5.74, 6) is 0.289. The summed E-state index contributed by atoms with van der Waals surface area (Å²) in [5.41, 5.74) is -0.000278. The van der Waals surface area contributed by atoms with Gasteiger partial charge in [0.05, 0.1) is 0 Å². The molecule has 3 aromatic rings. The smallest absolute Gasteiger partial charge is 0.171 e. The summed E-state index contributed by atoms with van der Waals surface area (Å²) in [6.45, 7) is 3.94. The first kappa shape index (κ1) is 18.5. The van der Waals surface area contributed by atoms with Gasteiger partial charge in [0.15, 0.2) is 5.78 Å². The van der Waals surface area contributed by atoms with Crippen molar-refractivity contribution in [1.82, 2.24) is 0 Å². The lowest BCUT2D eigenvalue weighted by Crippen LogP contribution is -2.41. The van der Waals surface area contributed by atoms with E-state index < -0.39 is 7.26 Å². The van der Waals surface area contributed by atoms with E-state index in [9.17, 15) is 4.79 Å². The normalized spacial score (nSPS) is 12.5. The topological polar surface area (TPSA) is 17.1 Å². The van der Waals surface area contributed by atoms with Crippen molar-refractivity contribution in [2.45, 2.75) is 32.3 Å². The molecule has 0 fully saturated rings. The Morgan fingerprint density at radius 2 is 1.08 bits per heavy atom. The molecule has 26 heavy (non-hydrogen) atoms. The molecule has 1 atom stereocenters. The summed E-state index contributed by atoms with van der Waals surface area (Å²) in [7, 11) is -2.09. The highest BCUT2D eigenvalue weighted by Crippen LogP contribution is 2.61. The van der Waals surface area contributed by atoms with Gasteiger partial charge >= 0.3 is 0 Å². The zero-order chi connectivity index (χ0) is 18.4. The second-order valence-corrected chi connectivity index (χ2v) is 10.3. The van der Waals surface area contributed by atoms with Crippen LogP contribution in [0.2, 0.25) is 0 Å². The minimum atomic E-state index is -2.09. The fourth-order valence-corrected chi connectivity index (χ4v) is 9.01. The van der Waals surface area contributed by atoms with Gasteiger partial charge in [0.2, 0.25) is 0 Å². The molecule has 0 aliphatic carbocycles. The standard InChI is InChI=1S/C24H26OP/c1-3-13-24(20(2)25)26(21-14-7-4-8-15-21,22-16-9-5-10-17-22)23-18-11-6-12-19-23/h4-12,14-19,24H,3,13H2,1-2H3/q+1. The van der Waals surface area contributed by atoms with Crippen LogP contribution in [-0.4, -0.2) is 11.4 Å². The highest BCUT2D eigenvalue weighted by atomic mass is 31.2. The lowest BCUT2D eigenvalue weighted by atomic mass is 10.2. The number of carbonyl (C=O) groups excluding carboxylic acids is 1. The van der Waals surface area contributed by atoms with Crippen molar-refractivity contribution >= 4 is 29.0 Å². The number of rotatable bonds is 7. The van der Waals surface area contributed by atoms with Gasteiger partial charge in [0.1, 0.15) is 28.8 Å². The van der Waals surface area contributed by atoms with Crippen LogP contribution in [0.1, 0.15) is 26.7 Å². The fourth-order valence-electron chi connectivity index (χ4n) is 3.92. The molecule has 0 bridgehead atoms. The molecule has 132 valence electrons. The van der Waals surface area contributed by atoms with Crippen LogP contribution >= 0.6 is 7.26 Å². The molecule has 0 radical (unpaired) electrons. The van der Waals surface area contributed by atoms with Gasteiger partial charge < -0.3 is 0 Å². The number of hydrogen-bond donors (Lipinski definition) is 0. The summed E-state index contributed by atoms with van der Waals surface area (Å²) in [6, 6.07) is 32.0. The maximum absolute atomic E-state index is 12.9. The average Bonchev–Trinajstić information content (AvgIpc) is 2.70. The van der Waals surface area contributed by atoms with Crippen LogP contribution in [0.15, 0.2) is 91.0 Å². The van der Waals surface area contributed by atoms with E-state index in [1.54, 1.807) is 6.92 Å². The molecule has 2 heteroatoms. The molecule has 0 aliphatic heterocycles. The number of hydrogen-bond acceptors (Lipinski definition) is 1. The van der Waals surface area contributed by atoms with Crippen molar-refractivity contribution in [2.24, 2.45) is 0 Å². The zero-order valence-electron chi connectivity index (χ0n) is 15.5. The van der Waals surface area contributed by atoms with E-state index in [2.05, 4.69) is 97.9 Å². The summed E-state index contributed by atoms with van der Waals surface area (Å²) in [5, 5.41) is 3.85. The Balaban J connectivity index is 2.40. The summed E-state index contributed by atoms with van der Waals surface area (Å²) < 4.78 is 0. The SMILES string of the molecule is CCCC(C(C)=O)[P+](c1ccccc1)(c1ccccc1)c1ccccc1. The van der Waals surface area contributed by atoms with Crippen LogP contribution in [-0.2, 0) is 4.79 Å². The third kappa shape index (κ3) is 3.37. The van der Waals surface area contributed by atoms with E-state index in [0.717, 1.165) is 12.8 Å². The lowest BCUT2D eigenvalue weighted by Gasteiger charge is -2.33. The third-order valence-corrected chi connectivity index (χ3v) is 9.88. The first-order valence-electron chi connectivity index (χ1n) is 9.27. The van der Waals surface area contributed by atoms with Crippen molar-refractivity contribution in [2.75, 3.05) is 0 Å². The Bertz CT molecular complexity index is 731.